The SMILES string of the molecule is COC(=O)[C@H](Cc1ccc(-c2c(C)n(C)c(=O)n(C)c2=O)cc1)NC(=O)c1c(F)cc(N2CCOC[C@@H]2C(F)(F)F)cc1F. The molecule has 1 aliphatic heterocycles. The predicted octanol–water partition coefficient (Wildman–Crippen LogP) is 2.62. The molecule has 236 valence electrons. The highest BCUT2D eigenvalue weighted by atomic mass is 19.4. The fourth-order valence-electron chi connectivity index (χ4n) is 5.01. The number of rotatable bonds is 7. The molecule has 0 bridgehead atoms. The molecule has 0 unspecified atom stereocenters. The van der Waals surface area contributed by atoms with Gasteiger partial charge in [-0.25, -0.2) is 18.4 Å². The van der Waals surface area contributed by atoms with Crippen molar-refractivity contribution >= 4 is 17.6 Å². The second-order valence-corrected chi connectivity index (χ2v) is 10.2. The molecule has 4 rings (SSSR count). The molecule has 0 spiro atoms. The van der Waals surface area contributed by atoms with E-state index < -0.39 is 70.9 Å². The minimum absolute atomic E-state index is 0.0961. The van der Waals surface area contributed by atoms with Crippen LogP contribution in [-0.4, -0.2) is 66.1 Å². The van der Waals surface area contributed by atoms with Gasteiger partial charge in [-0.3, -0.25) is 14.2 Å². The number of hydrogen-bond acceptors (Lipinski definition) is 7. The third kappa shape index (κ3) is 6.37. The molecule has 0 saturated carbocycles. The minimum Gasteiger partial charge on any atom is -0.467 e. The van der Waals surface area contributed by atoms with Crippen LogP contribution in [0.25, 0.3) is 11.1 Å². The molecule has 10 nitrogen and oxygen atoms in total. The second kappa shape index (κ2) is 12.6. The van der Waals surface area contributed by atoms with Gasteiger partial charge in [-0.1, -0.05) is 24.3 Å². The summed E-state index contributed by atoms with van der Waals surface area (Å²) in [5, 5.41) is 2.23. The van der Waals surface area contributed by atoms with Crippen molar-refractivity contribution in [2.75, 3.05) is 31.8 Å². The number of ether oxygens (including phenoxy) is 2. The molecule has 1 amide bonds. The van der Waals surface area contributed by atoms with E-state index in [-0.39, 0.29) is 25.1 Å². The molecule has 2 aromatic carbocycles. The zero-order valence-electron chi connectivity index (χ0n) is 24.1. The summed E-state index contributed by atoms with van der Waals surface area (Å²) >= 11 is 0. The Morgan fingerprint density at radius 2 is 1.68 bits per heavy atom. The van der Waals surface area contributed by atoms with E-state index in [1.807, 2.05) is 0 Å². The molecule has 1 saturated heterocycles. The average molecular weight is 625 g/mol. The van der Waals surface area contributed by atoms with Gasteiger partial charge in [0, 0.05) is 38.4 Å². The van der Waals surface area contributed by atoms with Crippen LogP contribution < -0.4 is 21.5 Å². The Balaban J connectivity index is 1.57. The third-order valence-corrected chi connectivity index (χ3v) is 7.52. The zero-order valence-corrected chi connectivity index (χ0v) is 24.1. The van der Waals surface area contributed by atoms with Gasteiger partial charge in [0.15, 0.2) is 0 Å². The van der Waals surface area contributed by atoms with E-state index in [0.29, 0.717) is 29.0 Å². The molecular weight excluding hydrogens is 595 g/mol. The van der Waals surface area contributed by atoms with Crippen LogP contribution in [0.5, 0.6) is 0 Å². The summed E-state index contributed by atoms with van der Waals surface area (Å²) in [6, 6.07) is 4.01. The Morgan fingerprint density at radius 1 is 1.07 bits per heavy atom. The molecule has 1 N–H and O–H groups in total. The Hall–Kier alpha value is -4.53. The van der Waals surface area contributed by atoms with Gasteiger partial charge in [-0.05, 0) is 30.2 Å². The number of anilines is 1. The lowest BCUT2D eigenvalue weighted by molar-refractivity contribution is -0.167. The summed E-state index contributed by atoms with van der Waals surface area (Å²) in [6.07, 6.45) is -4.91. The smallest absolute Gasteiger partial charge is 0.411 e. The number of benzene rings is 2. The van der Waals surface area contributed by atoms with Crippen molar-refractivity contribution in [2.45, 2.75) is 31.6 Å². The molecule has 0 radical (unpaired) electrons. The first-order chi connectivity index (χ1) is 20.6. The molecule has 44 heavy (non-hydrogen) atoms. The van der Waals surface area contributed by atoms with Crippen molar-refractivity contribution in [2.24, 2.45) is 14.1 Å². The summed E-state index contributed by atoms with van der Waals surface area (Å²) in [4.78, 5) is 51.1. The van der Waals surface area contributed by atoms with Crippen LogP contribution in [0.1, 0.15) is 21.6 Å². The van der Waals surface area contributed by atoms with E-state index in [2.05, 4.69) is 5.32 Å². The van der Waals surface area contributed by atoms with Gasteiger partial charge in [0.05, 0.1) is 25.9 Å². The first-order valence-corrected chi connectivity index (χ1v) is 13.3. The highest BCUT2D eigenvalue weighted by Crippen LogP contribution is 2.32. The van der Waals surface area contributed by atoms with Crippen molar-refractivity contribution in [3.8, 4) is 11.1 Å². The monoisotopic (exact) mass is 624 g/mol. The fraction of sp³-hybridized carbons (Fsp3) is 0.379. The van der Waals surface area contributed by atoms with Crippen LogP contribution in [0.15, 0.2) is 46.0 Å². The molecule has 3 aromatic rings. The van der Waals surface area contributed by atoms with Crippen molar-refractivity contribution in [3.05, 3.63) is 85.7 Å². The number of halogens is 5. The number of amides is 1. The first-order valence-electron chi connectivity index (χ1n) is 13.3. The zero-order chi connectivity index (χ0) is 32.5. The summed E-state index contributed by atoms with van der Waals surface area (Å²) < 4.78 is 82.4. The summed E-state index contributed by atoms with van der Waals surface area (Å²) in [5.74, 6) is -5.10. The maximum atomic E-state index is 15.0. The van der Waals surface area contributed by atoms with Gasteiger partial charge < -0.3 is 24.3 Å². The van der Waals surface area contributed by atoms with Crippen LogP contribution in [0.2, 0.25) is 0 Å². The minimum atomic E-state index is -4.73. The van der Waals surface area contributed by atoms with E-state index >= 15 is 8.78 Å². The maximum absolute atomic E-state index is 15.0. The normalized spacial score (nSPS) is 16.0. The van der Waals surface area contributed by atoms with Crippen molar-refractivity contribution < 1.29 is 41.0 Å². The predicted molar refractivity (Wildman–Crippen MR) is 148 cm³/mol. The van der Waals surface area contributed by atoms with Crippen LogP contribution in [0.4, 0.5) is 27.6 Å². The van der Waals surface area contributed by atoms with Gasteiger partial charge in [-0.2, -0.15) is 13.2 Å². The van der Waals surface area contributed by atoms with Gasteiger partial charge in [0.1, 0.15) is 29.3 Å². The molecular formula is C29H29F5N4O6. The summed E-state index contributed by atoms with van der Waals surface area (Å²) in [5.41, 5.74) is -0.820. The Labute approximate surface area is 247 Å². The molecule has 0 aliphatic carbocycles. The highest BCUT2D eigenvalue weighted by Gasteiger charge is 2.46. The average Bonchev–Trinajstić information content (AvgIpc) is 2.98. The molecule has 2 atom stereocenters. The lowest BCUT2D eigenvalue weighted by Gasteiger charge is -2.38. The number of aromatic nitrogens is 2. The number of nitrogens with zero attached hydrogens (tertiary/aromatic N) is 3. The molecule has 1 aliphatic rings. The van der Waals surface area contributed by atoms with E-state index in [1.165, 1.54) is 18.7 Å². The van der Waals surface area contributed by atoms with E-state index in [9.17, 15) is 32.3 Å². The third-order valence-electron chi connectivity index (χ3n) is 7.52. The van der Waals surface area contributed by atoms with Gasteiger partial charge in [0.25, 0.3) is 11.5 Å². The number of carbonyl (C=O) groups excluding carboxylic acids is 2. The topological polar surface area (TPSA) is 112 Å². The lowest BCUT2D eigenvalue weighted by Crippen LogP contribution is -2.53. The van der Waals surface area contributed by atoms with E-state index in [4.69, 9.17) is 9.47 Å². The maximum Gasteiger partial charge on any atom is 0.411 e. The number of esters is 1. The molecule has 2 heterocycles. The van der Waals surface area contributed by atoms with Crippen molar-refractivity contribution in [1.82, 2.24) is 14.5 Å². The fourth-order valence-corrected chi connectivity index (χ4v) is 5.01. The van der Waals surface area contributed by atoms with Crippen LogP contribution in [0.3, 0.4) is 0 Å². The Bertz CT molecular complexity index is 1680. The van der Waals surface area contributed by atoms with Crippen molar-refractivity contribution in [3.63, 3.8) is 0 Å². The summed E-state index contributed by atoms with van der Waals surface area (Å²) in [6.45, 7) is 0.517. The van der Waals surface area contributed by atoms with Gasteiger partial charge >= 0.3 is 17.8 Å². The highest BCUT2D eigenvalue weighted by molar-refractivity contribution is 5.97. The molecule has 1 aromatic heterocycles. The van der Waals surface area contributed by atoms with E-state index in [0.717, 1.165) is 16.6 Å². The number of hydrogen-bond donors (Lipinski definition) is 1. The number of carbonyl (C=O) groups is 2. The Kier molecular flexibility index (Phi) is 9.27. The van der Waals surface area contributed by atoms with Crippen LogP contribution in [-0.2, 0) is 34.8 Å². The Morgan fingerprint density at radius 3 is 2.25 bits per heavy atom. The molecule has 1 fully saturated rings. The number of nitrogens with one attached hydrogen (secondary N) is 1. The number of methoxy groups -OCH3 is 1. The van der Waals surface area contributed by atoms with E-state index in [1.54, 1.807) is 31.2 Å². The quantitative estimate of drug-likeness (QED) is 0.318. The van der Waals surface area contributed by atoms with Crippen LogP contribution in [0, 0.1) is 18.6 Å². The summed E-state index contributed by atoms with van der Waals surface area (Å²) in [7, 11) is 3.94. The lowest BCUT2D eigenvalue weighted by atomic mass is 10.00. The van der Waals surface area contributed by atoms with Gasteiger partial charge in [-0.15, -0.1) is 0 Å². The number of morpholine rings is 1. The number of alkyl halides is 3. The second-order valence-electron chi connectivity index (χ2n) is 10.2. The standard InChI is InChI=1S/C29H29F5N4O6/c1-15-23(26(40)37(3)28(42)36(15)2)17-7-5-16(6-8-17)11-21(27(41)43-4)35-25(39)24-19(30)12-18(13-20(24)31)38-9-10-44-14-22(38)29(32,33)34/h5-8,12-13,21-22H,9-11,14H2,1-4H3,(H,35,39)/t21-,22+/m0/s1. The van der Waals surface area contributed by atoms with Crippen molar-refractivity contribution in [1.29, 1.82) is 0 Å². The van der Waals surface area contributed by atoms with Crippen LogP contribution >= 0.6 is 0 Å². The first kappa shape index (κ1) is 32.4. The van der Waals surface area contributed by atoms with Gasteiger partial charge in [0.2, 0.25) is 0 Å². The largest absolute Gasteiger partial charge is 0.467 e. The molecule has 15 heteroatoms.